The van der Waals surface area contributed by atoms with Gasteiger partial charge >= 0.3 is 0 Å². The van der Waals surface area contributed by atoms with Gasteiger partial charge in [-0.05, 0) is 30.7 Å². The van der Waals surface area contributed by atoms with Crippen LogP contribution >= 0.6 is 22.9 Å². The fourth-order valence-corrected chi connectivity index (χ4v) is 2.43. The summed E-state index contributed by atoms with van der Waals surface area (Å²) in [5.74, 6) is 0.321. The van der Waals surface area contributed by atoms with Gasteiger partial charge in [0.25, 0.3) is 5.91 Å². The Balaban J connectivity index is 1.77. The van der Waals surface area contributed by atoms with Crippen LogP contribution in [-0.4, -0.2) is 17.6 Å². The SMILES string of the molecule is O=C(NCC[C@H](O)c1ccco1)c1ccc(Cl)s1. The molecule has 0 radical (unpaired) electrons. The third-order valence-corrected chi connectivity index (χ3v) is 3.60. The second kappa shape index (κ2) is 6.04. The van der Waals surface area contributed by atoms with E-state index >= 15 is 0 Å². The van der Waals surface area contributed by atoms with E-state index in [1.54, 1.807) is 24.3 Å². The van der Waals surface area contributed by atoms with Crippen LogP contribution in [-0.2, 0) is 0 Å². The van der Waals surface area contributed by atoms with Crippen LogP contribution in [0.4, 0.5) is 0 Å². The van der Waals surface area contributed by atoms with Gasteiger partial charge in [-0.15, -0.1) is 11.3 Å². The highest BCUT2D eigenvalue weighted by atomic mass is 35.5. The highest BCUT2D eigenvalue weighted by molar-refractivity contribution is 7.17. The molecule has 2 rings (SSSR count). The molecular formula is C12H12ClNO3S. The van der Waals surface area contributed by atoms with Crippen molar-refractivity contribution in [1.82, 2.24) is 5.32 Å². The lowest BCUT2D eigenvalue weighted by Gasteiger charge is -2.08. The van der Waals surface area contributed by atoms with Crippen molar-refractivity contribution >= 4 is 28.8 Å². The first-order chi connectivity index (χ1) is 8.66. The van der Waals surface area contributed by atoms with Crippen molar-refractivity contribution in [2.45, 2.75) is 12.5 Å². The van der Waals surface area contributed by atoms with Crippen LogP contribution in [0.1, 0.15) is 28.0 Å². The highest BCUT2D eigenvalue weighted by Crippen LogP contribution is 2.21. The molecule has 0 unspecified atom stereocenters. The van der Waals surface area contributed by atoms with Gasteiger partial charge in [-0.25, -0.2) is 0 Å². The fraction of sp³-hybridized carbons (Fsp3) is 0.250. The number of rotatable bonds is 5. The molecule has 0 aliphatic heterocycles. The van der Waals surface area contributed by atoms with E-state index in [0.29, 0.717) is 27.9 Å². The smallest absolute Gasteiger partial charge is 0.261 e. The number of hydrogen-bond acceptors (Lipinski definition) is 4. The Labute approximate surface area is 113 Å². The summed E-state index contributed by atoms with van der Waals surface area (Å²) in [4.78, 5) is 12.2. The molecule has 2 aromatic rings. The summed E-state index contributed by atoms with van der Waals surface area (Å²) in [5.41, 5.74) is 0. The van der Waals surface area contributed by atoms with Crippen molar-refractivity contribution in [2.75, 3.05) is 6.54 Å². The number of nitrogens with one attached hydrogen (secondary N) is 1. The summed E-state index contributed by atoms with van der Waals surface area (Å²) in [6.07, 6.45) is 1.20. The third-order valence-electron chi connectivity index (χ3n) is 2.37. The normalized spacial score (nSPS) is 12.3. The van der Waals surface area contributed by atoms with Gasteiger partial charge in [-0.2, -0.15) is 0 Å². The number of carbonyl (C=O) groups is 1. The minimum absolute atomic E-state index is 0.182. The maximum Gasteiger partial charge on any atom is 0.261 e. The molecule has 1 amide bonds. The molecule has 0 aliphatic rings. The van der Waals surface area contributed by atoms with Gasteiger partial charge in [0.1, 0.15) is 11.9 Å². The van der Waals surface area contributed by atoms with Crippen molar-refractivity contribution in [3.8, 4) is 0 Å². The quantitative estimate of drug-likeness (QED) is 0.888. The zero-order valence-corrected chi connectivity index (χ0v) is 11.0. The first-order valence-electron chi connectivity index (χ1n) is 5.42. The molecule has 0 saturated carbocycles. The first kappa shape index (κ1) is 13.1. The fourth-order valence-electron chi connectivity index (χ4n) is 1.47. The zero-order chi connectivity index (χ0) is 13.0. The molecule has 2 N–H and O–H groups in total. The average Bonchev–Trinajstić information content (AvgIpc) is 2.99. The molecule has 18 heavy (non-hydrogen) atoms. The van der Waals surface area contributed by atoms with Gasteiger partial charge in [-0.1, -0.05) is 11.6 Å². The lowest BCUT2D eigenvalue weighted by Crippen LogP contribution is -2.24. The summed E-state index contributed by atoms with van der Waals surface area (Å²) in [6, 6.07) is 6.76. The van der Waals surface area contributed by atoms with Crippen LogP contribution in [0.5, 0.6) is 0 Å². The number of carbonyl (C=O) groups excluding carboxylic acids is 1. The van der Waals surface area contributed by atoms with Gasteiger partial charge < -0.3 is 14.8 Å². The lowest BCUT2D eigenvalue weighted by atomic mass is 10.2. The first-order valence-corrected chi connectivity index (χ1v) is 6.61. The Kier molecular flexibility index (Phi) is 4.41. The lowest BCUT2D eigenvalue weighted by molar-refractivity contribution is 0.0940. The summed E-state index contributed by atoms with van der Waals surface area (Å²) in [5, 5.41) is 12.4. The maximum absolute atomic E-state index is 11.7. The third kappa shape index (κ3) is 3.35. The molecule has 0 saturated heterocycles. The van der Waals surface area contributed by atoms with E-state index in [9.17, 15) is 9.90 Å². The van der Waals surface area contributed by atoms with E-state index in [1.165, 1.54) is 17.6 Å². The topological polar surface area (TPSA) is 62.5 Å². The molecule has 2 heterocycles. The minimum atomic E-state index is -0.702. The number of thiophene rings is 1. The molecule has 1 atom stereocenters. The van der Waals surface area contributed by atoms with Crippen molar-refractivity contribution < 1.29 is 14.3 Å². The van der Waals surface area contributed by atoms with Gasteiger partial charge in [0, 0.05) is 6.54 Å². The number of furan rings is 1. The zero-order valence-electron chi connectivity index (χ0n) is 9.43. The Morgan fingerprint density at radius 2 is 2.33 bits per heavy atom. The summed E-state index contributed by atoms with van der Waals surface area (Å²) in [7, 11) is 0. The van der Waals surface area contributed by atoms with Crippen molar-refractivity contribution in [1.29, 1.82) is 0 Å². The molecule has 0 spiro atoms. The highest BCUT2D eigenvalue weighted by Gasteiger charge is 2.12. The number of aliphatic hydroxyl groups is 1. The van der Waals surface area contributed by atoms with Gasteiger partial charge in [0.05, 0.1) is 15.5 Å². The van der Waals surface area contributed by atoms with E-state index < -0.39 is 6.10 Å². The summed E-state index contributed by atoms with van der Waals surface area (Å²) < 4.78 is 5.64. The Bertz CT molecular complexity index is 509. The van der Waals surface area contributed by atoms with Crippen molar-refractivity contribution in [2.24, 2.45) is 0 Å². The second-order valence-electron chi connectivity index (χ2n) is 3.68. The Morgan fingerprint density at radius 3 is 2.94 bits per heavy atom. The van der Waals surface area contributed by atoms with Crippen LogP contribution in [0.3, 0.4) is 0 Å². The minimum Gasteiger partial charge on any atom is -0.467 e. The van der Waals surface area contributed by atoms with E-state index in [-0.39, 0.29) is 5.91 Å². The summed E-state index contributed by atoms with van der Waals surface area (Å²) in [6.45, 7) is 0.371. The average molecular weight is 286 g/mol. The molecule has 0 aromatic carbocycles. The molecule has 96 valence electrons. The molecule has 0 bridgehead atoms. The van der Waals surface area contributed by atoms with Crippen LogP contribution in [0, 0.1) is 0 Å². The van der Waals surface area contributed by atoms with Crippen LogP contribution in [0.15, 0.2) is 34.9 Å². The van der Waals surface area contributed by atoms with Crippen LogP contribution in [0.2, 0.25) is 4.34 Å². The van der Waals surface area contributed by atoms with Crippen LogP contribution in [0.25, 0.3) is 0 Å². The number of amides is 1. The van der Waals surface area contributed by atoms with E-state index in [2.05, 4.69) is 5.32 Å². The standard InChI is InChI=1S/C12H12ClNO3S/c13-11-4-3-10(18-11)12(16)14-6-5-8(15)9-2-1-7-17-9/h1-4,7-8,15H,5-6H2,(H,14,16)/t8-/m0/s1. The molecule has 2 aromatic heterocycles. The molecule has 0 fully saturated rings. The number of aliphatic hydroxyl groups excluding tert-OH is 1. The monoisotopic (exact) mass is 285 g/mol. The largest absolute Gasteiger partial charge is 0.467 e. The predicted molar refractivity (Wildman–Crippen MR) is 69.9 cm³/mol. The maximum atomic E-state index is 11.7. The van der Waals surface area contributed by atoms with Crippen molar-refractivity contribution in [3.05, 3.63) is 45.5 Å². The van der Waals surface area contributed by atoms with E-state index in [4.69, 9.17) is 16.0 Å². The molecule has 0 aliphatic carbocycles. The van der Waals surface area contributed by atoms with Crippen LogP contribution < -0.4 is 5.32 Å². The summed E-state index contributed by atoms with van der Waals surface area (Å²) >= 11 is 6.97. The van der Waals surface area contributed by atoms with Gasteiger partial charge in [0.2, 0.25) is 0 Å². The van der Waals surface area contributed by atoms with Gasteiger partial charge in [0.15, 0.2) is 0 Å². The van der Waals surface area contributed by atoms with Crippen molar-refractivity contribution in [3.63, 3.8) is 0 Å². The Morgan fingerprint density at radius 1 is 1.50 bits per heavy atom. The molecule has 6 heteroatoms. The predicted octanol–water partition coefficient (Wildman–Crippen LogP) is 2.85. The second-order valence-corrected chi connectivity index (χ2v) is 5.39. The van der Waals surface area contributed by atoms with Gasteiger partial charge in [-0.3, -0.25) is 4.79 Å². The van der Waals surface area contributed by atoms with E-state index in [0.717, 1.165) is 0 Å². The number of halogens is 1. The number of hydrogen-bond donors (Lipinski definition) is 2. The van der Waals surface area contributed by atoms with E-state index in [1.807, 2.05) is 0 Å². The molecular weight excluding hydrogens is 274 g/mol. The Hall–Kier alpha value is -1.30. The molecule has 4 nitrogen and oxygen atoms in total.